The van der Waals surface area contributed by atoms with E-state index >= 15 is 0 Å². The van der Waals surface area contributed by atoms with Gasteiger partial charge in [-0.1, -0.05) is 36.4 Å². The topological polar surface area (TPSA) is 70.6 Å². The third kappa shape index (κ3) is 7.68. The summed E-state index contributed by atoms with van der Waals surface area (Å²) in [6, 6.07) is 14.0. The van der Waals surface area contributed by atoms with Crippen LogP contribution in [0.5, 0.6) is 0 Å². The third-order valence-corrected chi connectivity index (χ3v) is 6.05. The Bertz CT molecular complexity index is 884. The number of hydrogen-bond acceptors (Lipinski definition) is 3. The maximum absolute atomic E-state index is 13.1. The summed E-state index contributed by atoms with van der Waals surface area (Å²) >= 11 is 0. The summed E-state index contributed by atoms with van der Waals surface area (Å²) in [5, 5.41) is 6.32. The predicted molar refractivity (Wildman–Crippen MR) is 113 cm³/mol. The molecule has 0 spiro atoms. The van der Waals surface area contributed by atoms with Crippen molar-refractivity contribution in [2.45, 2.75) is 25.5 Å². The van der Waals surface area contributed by atoms with Crippen molar-refractivity contribution in [1.29, 1.82) is 0 Å². The molecule has 152 valence electrons. The highest BCUT2D eigenvalue weighted by Gasteiger charge is 2.11. The van der Waals surface area contributed by atoms with Crippen molar-refractivity contribution in [3.63, 3.8) is 0 Å². The Kier molecular flexibility index (Phi) is 8.44. The monoisotopic (exact) mass is 405 g/mol. The molecule has 0 radical (unpaired) electrons. The van der Waals surface area contributed by atoms with Crippen molar-refractivity contribution < 1.29 is 12.8 Å². The van der Waals surface area contributed by atoms with Gasteiger partial charge in [0.15, 0.2) is 15.8 Å². The number of sulfone groups is 1. The molecule has 0 saturated carbocycles. The fourth-order valence-corrected chi connectivity index (χ4v) is 4.30. The van der Waals surface area contributed by atoms with Gasteiger partial charge >= 0.3 is 0 Å². The van der Waals surface area contributed by atoms with E-state index in [9.17, 15) is 12.8 Å². The van der Waals surface area contributed by atoms with Crippen LogP contribution >= 0.6 is 0 Å². The lowest BCUT2D eigenvalue weighted by Crippen LogP contribution is -2.39. The quantitative estimate of drug-likeness (QED) is 0.382. The maximum atomic E-state index is 13.1. The predicted octanol–water partition coefficient (Wildman–Crippen LogP) is 2.85. The Morgan fingerprint density at radius 3 is 2.46 bits per heavy atom. The Morgan fingerprint density at radius 1 is 1.07 bits per heavy atom. The van der Waals surface area contributed by atoms with Crippen molar-refractivity contribution >= 4 is 15.8 Å². The van der Waals surface area contributed by atoms with Crippen molar-refractivity contribution in [2.75, 3.05) is 25.9 Å². The molecule has 0 amide bonds. The first-order valence-corrected chi connectivity index (χ1v) is 11.2. The molecule has 0 atom stereocenters. The molecule has 7 heteroatoms. The molecule has 0 aliphatic heterocycles. The molecule has 0 fully saturated rings. The first-order valence-electron chi connectivity index (χ1n) is 9.33. The van der Waals surface area contributed by atoms with E-state index in [1.165, 1.54) is 12.1 Å². The first kappa shape index (κ1) is 21.9. The fraction of sp³-hybridized carbons (Fsp3) is 0.381. The van der Waals surface area contributed by atoms with Crippen LogP contribution in [0.15, 0.2) is 53.5 Å². The molecule has 0 aromatic heterocycles. The van der Waals surface area contributed by atoms with E-state index in [2.05, 4.69) is 15.6 Å². The average molecular weight is 406 g/mol. The van der Waals surface area contributed by atoms with Gasteiger partial charge in [-0.15, -0.1) is 0 Å². The Hall–Kier alpha value is -2.41. The summed E-state index contributed by atoms with van der Waals surface area (Å²) in [5.41, 5.74) is 2.81. The second kappa shape index (κ2) is 10.8. The van der Waals surface area contributed by atoms with E-state index in [-0.39, 0.29) is 17.3 Å². The van der Waals surface area contributed by atoms with E-state index in [0.717, 1.165) is 23.1 Å². The molecule has 0 saturated heterocycles. The Balaban J connectivity index is 1.69. The number of hydrogen-bond donors (Lipinski definition) is 2. The van der Waals surface area contributed by atoms with Crippen LogP contribution in [-0.4, -0.2) is 40.3 Å². The molecule has 0 aliphatic rings. The van der Waals surface area contributed by atoms with E-state index in [1.54, 1.807) is 13.1 Å². The van der Waals surface area contributed by atoms with Gasteiger partial charge < -0.3 is 10.6 Å². The summed E-state index contributed by atoms with van der Waals surface area (Å²) in [6.45, 7) is 3.06. The number of rotatable bonds is 9. The van der Waals surface area contributed by atoms with Crippen LogP contribution in [0.4, 0.5) is 4.39 Å². The molecule has 5 nitrogen and oxygen atoms in total. The molecular weight excluding hydrogens is 377 g/mol. The standard InChI is InChI=1S/C21H28FN3O2S/c1-17-15-20(22)10-9-19(17)11-13-25-21(23-2)24-12-6-14-28(26,27)16-18-7-4-3-5-8-18/h3-5,7-10,15H,6,11-14,16H2,1-2H3,(H2,23,24,25). The SMILES string of the molecule is CN=C(NCCCS(=O)(=O)Cc1ccccc1)NCCc1ccc(F)cc1C. The lowest BCUT2D eigenvalue weighted by molar-refractivity contribution is 0.591. The molecule has 0 aliphatic carbocycles. The summed E-state index contributed by atoms with van der Waals surface area (Å²) in [6.07, 6.45) is 1.26. The largest absolute Gasteiger partial charge is 0.356 e. The molecule has 0 bridgehead atoms. The average Bonchev–Trinajstić information content (AvgIpc) is 2.65. The maximum Gasteiger partial charge on any atom is 0.190 e. The fourth-order valence-electron chi connectivity index (χ4n) is 2.88. The van der Waals surface area contributed by atoms with Crippen LogP contribution < -0.4 is 10.6 Å². The second-order valence-corrected chi connectivity index (χ2v) is 8.86. The summed E-state index contributed by atoms with van der Waals surface area (Å²) in [4.78, 5) is 4.14. The lowest BCUT2D eigenvalue weighted by Gasteiger charge is -2.13. The summed E-state index contributed by atoms with van der Waals surface area (Å²) in [5.74, 6) is 0.590. The minimum atomic E-state index is -3.13. The van der Waals surface area contributed by atoms with Gasteiger partial charge in [0, 0.05) is 20.1 Å². The summed E-state index contributed by atoms with van der Waals surface area (Å²) in [7, 11) is -1.46. The normalized spacial score (nSPS) is 12.0. The van der Waals surface area contributed by atoms with Gasteiger partial charge in [-0.25, -0.2) is 12.8 Å². The van der Waals surface area contributed by atoms with Gasteiger partial charge in [0.25, 0.3) is 0 Å². The lowest BCUT2D eigenvalue weighted by atomic mass is 10.1. The van der Waals surface area contributed by atoms with Gasteiger partial charge in [0.2, 0.25) is 0 Å². The molecule has 0 heterocycles. The minimum absolute atomic E-state index is 0.0673. The summed E-state index contributed by atoms with van der Waals surface area (Å²) < 4.78 is 37.5. The van der Waals surface area contributed by atoms with E-state index < -0.39 is 9.84 Å². The van der Waals surface area contributed by atoms with Crippen LogP contribution in [0.2, 0.25) is 0 Å². The highest BCUT2D eigenvalue weighted by Crippen LogP contribution is 2.10. The van der Waals surface area contributed by atoms with Crippen LogP contribution in [0.3, 0.4) is 0 Å². The number of benzene rings is 2. The third-order valence-electron chi connectivity index (χ3n) is 4.37. The zero-order chi connectivity index (χ0) is 20.4. The van der Waals surface area contributed by atoms with Crippen molar-refractivity contribution in [3.05, 3.63) is 71.0 Å². The molecule has 2 rings (SSSR count). The molecule has 2 N–H and O–H groups in total. The number of guanidine groups is 1. The van der Waals surface area contributed by atoms with E-state index in [4.69, 9.17) is 0 Å². The highest BCUT2D eigenvalue weighted by molar-refractivity contribution is 7.90. The highest BCUT2D eigenvalue weighted by atomic mass is 32.2. The minimum Gasteiger partial charge on any atom is -0.356 e. The van der Waals surface area contributed by atoms with Gasteiger partial charge in [-0.3, -0.25) is 4.99 Å². The number of aliphatic imine (C=N–C) groups is 1. The Morgan fingerprint density at radius 2 is 1.79 bits per heavy atom. The molecular formula is C21H28FN3O2S. The van der Waals surface area contributed by atoms with Crippen LogP contribution in [-0.2, 0) is 22.0 Å². The molecule has 2 aromatic carbocycles. The van der Waals surface area contributed by atoms with Gasteiger partial charge in [0.1, 0.15) is 5.82 Å². The van der Waals surface area contributed by atoms with Crippen molar-refractivity contribution in [3.8, 4) is 0 Å². The van der Waals surface area contributed by atoms with Crippen molar-refractivity contribution in [1.82, 2.24) is 10.6 Å². The Labute approximate surface area is 167 Å². The number of aryl methyl sites for hydroxylation is 1. The number of nitrogens with zero attached hydrogens (tertiary/aromatic N) is 1. The zero-order valence-corrected chi connectivity index (χ0v) is 17.2. The van der Waals surface area contributed by atoms with Crippen LogP contribution in [0.25, 0.3) is 0 Å². The number of halogens is 1. The van der Waals surface area contributed by atoms with Gasteiger partial charge in [-0.05, 0) is 48.6 Å². The van der Waals surface area contributed by atoms with Crippen LogP contribution in [0, 0.1) is 12.7 Å². The van der Waals surface area contributed by atoms with Gasteiger partial charge in [-0.2, -0.15) is 0 Å². The van der Waals surface area contributed by atoms with Gasteiger partial charge in [0.05, 0.1) is 11.5 Å². The zero-order valence-electron chi connectivity index (χ0n) is 16.4. The molecule has 28 heavy (non-hydrogen) atoms. The molecule has 2 aromatic rings. The van der Waals surface area contributed by atoms with Crippen LogP contribution in [0.1, 0.15) is 23.1 Å². The van der Waals surface area contributed by atoms with E-state index in [0.29, 0.717) is 25.5 Å². The van der Waals surface area contributed by atoms with Crippen molar-refractivity contribution in [2.24, 2.45) is 4.99 Å². The second-order valence-electron chi connectivity index (χ2n) is 6.68. The molecule has 0 unspecified atom stereocenters. The number of nitrogens with one attached hydrogen (secondary N) is 2. The van der Waals surface area contributed by atoms with E-state index in [1.807, 2.05) is 37.3 Å². The smallest absolute Gasteiger partial charge is 0.190 e. The first-order chi connectivity index (χ1) is 13.4.